The summed E-state index contributed by atoms with van der Waals surface area (Å²) in [5.74, 6) is 6.72. The van der Waals surface area contributed by atoms with Crippen LogP contribution in [0.2, 0.25) is 0 Å². The van der Waals surface area contributed by atoms with Gasteiger partial charge in [-0.25, -0.2) is 0 Å². The van der Waals surface area contributed by atoms with E-state index in [1.165, 1.54) is 0 Å². The SMILES string of the molecule is Cc1cccc(COc2ccc(C#CCN)c(C)c2)n1. The molecule has 3 nitrogen and oxygen atoms in total. The second kappa shape index (κ2) is 6.74. The van der Waals surface area contributed by atoms with E-state index in [1.54, 1.807) is 0 Å². The highest BCUT2D eigenvalue weighted by atomic mass is 16.5. The van der Waals surface area contributed by atoms with E-state index >= 15 is 0 Å². The lowest BCUT2D eigenvalue weighted by molar-refractivity contribution is 0.301. The Bertz CT molecular complexity index is 654. The first-order valence-corrected chi connectivity index (χ1v) is 6.54. The molecule has 0 aliphatic carbocycles. The van der Waals surface area contributed by atoms with Gasteiger partial charge in [0.1, 0.15) is 12.4 Å². The molecule has 0 fully saturated rings. The van der Waals surface area contributed by atoms with Gasteiger partial charge in [-0.15, -0.1) is 0 Å². The molecule has 0 spiro atoms. The minimum atomic E-state index is 0.372. The highest BCUT2D eigenvalue weighted by molar-refractivity contribution is 5.44. The van der Waals surface area contributed by atoms with Gasteiger partial charge in [0.25, 0.3) is 0 Å². The number of nitrogens with two attached hydrogens (primary N) is 1. The highest BCUT2D eigenvalue weighted by Crippen LogP contribution is 2.17. The summed E-state index contributed by atoms with van der Waals surface area (Å²) in [7, 11) is 0. The van der Waals surface area contributed by atoms with Gasteiger partial charge in [-0.1, -0.05) is 17.9 Å². The van der Waals surface area contributed by atoms with Crippen molar-refractivity contribution in [3.05, 3.63) is 58.9 Å². The Morgan fingerprint density at radius 3 is 2.75 bits per heavy atom. The predicted octanol–water partition coefficient (Wildman–Crippen LogP) is 2.59. The van der Waals surface area contributed by atoms with E-state index in [0.717, 1.165) is 28.3 Å². The van der Waals surface area contributed by atoms with Crippen molar-refractivity contribution in [3.8, 4) is 17.6 Å². The van der Waals surface area contributed by atoms with Crippen LogP contribution in [-0.4, -0.2) is 11.5 Å². The first-order valence-electron chi connectivity index (χ1n) is 6.54. The van der Waals surface area contributed by atoms with Crippen molar-refractivity contribution in [3.63, 3.8) is 0 Å². The van der Waals surface area contributed by atoms with E-state index in [1.807, 2.05) is 50.2 Å². The van der Waals surface area contributed by atoms with Crippen LogP contribution < -0.4 is 10.5 Å². The van der Waals surface area contributed by atoms with Gasteiger partial charge in [0.2, 0.25) is 0 Å². The molecule has 3 heteroatoms. The lowest BCUT2D eigenvalue weighted by Gasteiger charge is -2.08. The Kier molecular flexibility index (Phi) is 4.75. The minimum absolute atomic E-state index is 0.372. The standard InChI is InChI=1S/C17H18N2O/c1-13-11-17(9-8-15(13)6-4-10-18)20-12-16-7-3-5-14(2)19-16/h3,5,7-9,11H,10,12,18H2,1-2H3. The molecule has 0 bridgehead atoms. The Balaban J connectivity index is 2.05. The van der Waals surface area contributed by atoms with Crippen molar-refractivity contribution in [1.29, 1.82) is 0 Å². The third kappa shape index (κ3) is 3.84. The predicted molar refractivity (Wildman–Crippen MR) is 80.4 cm³/mol. The normalized spacial score (nSPS) is 9.75. The van der Waals surface area contributed by atoms with Crippen LogP contribution in [0.15, 0.2) is 36.4 Å². The fourth-order valence-corrected chi connectivity index (χ4v) is 1.85. The third-order valence-electron chi connectivity index (χ3n) is 2.86. The van der Waals surface area contributed by atoms with Crippen LogP contribution in [-0.2, 0) is 6.61 Å². The minimum Gasteiger partial charge on any atom is -0.487 e. The van der Waals surface area contributed by atoms with Crippen molar-refractivity contribution >= 4 is 0 Å². The molecule has 2 aromatic rings. The van der Waals surface area contributed by atoms with E-state index in [2.05, 4.69) is 16.8 Å². The summed E-state index contributed by atoms with van der Waals surface area (Å²) in [5, 5.41) is 0. The molecule has 1 heterocycles. The Morgan fingerprint density at radius 1 is 1.20 bits per heavy atom. The molecule has 0 unspecified atom stereocenters. The topological polar surface area (TPSA) is 48.1 Å². The molecule has 102 valence electrons. The van der Waals surface area contributed by atoms with Gasteiger partial charge in [-0.05, 0) is 49.7 Å². The molecular weight excluding hydrogens is 248 g/mol. The van der Waals surface area contributed by atoms with Gasteiger partial charge < -0.3 is 10.5 Å². The zero-order valence-electron chi connectivity index (χ0n) is 11.8. The largest absolute Gasteiger partial charge is 0.487 e. The number of benzene rings is 1. The number of ether oxygens (including phenoxy) is 1. The summed E-state index contributed by atoms with van der Waals surface area (Å²) in [6.45, 7) is 4.82. The highest BCUT2D eigenvalue weighted by Gasteiger charge is 2.01. The number of rotatable bonds is 3. The Labute approximate surface area is 119 Å². The lowest BCUT2D eigenvalue weighted by atomic mass is 10.1. The molecule has 20 heavy (non-hydrogen) atoms. The maximum Gasteiger partial charge on any atom is 0.130 e. The van der Waals surface area contributed by atoms with E-state index in [-0.39, 0.29) is 0 Å². The smallest absolute Gasteiger partial charge is 0.130 e. The molecule has 1 aromatic heterocycles. The molecule has 0 amide bonds. The van der Waals surface area contributed by atoms with Crippen LogP contribution in [0, 0.1) is 25.7 Å². The van der Waals surface area contributed by atoms with Crippen LogP contribution in [0.25, 0.3) is 0 Å². The van der Waals surface area contributed by atoms with E-state index in [4.69, 9.17) is 10.5 Å². The molecule has 0 saturated heterocycles. The quantitative estimate of drug-likeness (QED) is 0.869. The molecule has 0 aliphatic heterocycles. The average Bonchev–Trinajstić information content (AvgIpc) is 2.44. The molecule has 0 aliphatic rings. The van der Waals surface area contributed by atoms with Crippen LogP contribution in [0.1, 0.15) is 22.5 Å². The van der Waals surface area contributed by atoms with E-state index in [9.17, 15) is 0 Å². The Hall–Kier alpha value is -2.31. The number of aromatic nitrogens is 1. The zero-order valence-corrected chi connectivity index (χ0v) is 11.8. The summed E-state index contributed by atoms with van der Waals surface area (Å²) in [6.07, 6.45) is 0. The van der Waals surface area contributed by atoms with Crippen molar-refractivity contribution < 1.29 is 4.74 Å². The second-order valence-corrected chi connectivity index (χ2v) is 4.54. The second-order valence-electron chi connectivity index (χ2n) is 4.54. The average molecular weight is 266 g/mol. The third-order valence-corrected chi connectivity index (χ3v) is 2.86. The van der Waals surface area contributed by atoms with Crippen LogP contribution in [0.3, 0.4) is 0 Å². The number of hydrogen-bond acceptors (Lipinski definition) is 3. The van der Waals surface area contributed by atoms with Crippen LogP contribution in [0.4, 0.5) is 0 Å². The summed E-state index contributed by atoms with van der Waals surface area (Å²) in [6, 6.07) is 11.8. The van der Waals surface area contributed by atoms with Crippen molar-refractivity contribution in [2.24, 2.45) is 5.73 Å². The number of hydrogen-bond donors (Lipinski definition) is 1. The van der Waals surface area contributed by atoms with Gasteiger partial charge >= 0.3 is 0 Å². The summed E-state index contributed by atoms with van der Waals surface area (Å²) in [5.41, 5.74) is 9.36. The van der Waals surface area contributed by atoms with Gasteiger partial charge in [0.15, 0.2) is 0 Å². The Morgan fingerprint density at radius 2 is 2.05 bits per heavy atom. The first-order chi connectivity index (χ1) is 9.69. The maximum absolute atomic E-state index is 5.75. The van der Waals surface area contributed by atoms with Crippen LogP contribution in [0.5, 0.6) is 5.75 Å². The monoisotopic (exact) mass is 266 g/mol. The summed E-state index contributed by atoms with van der Waals surface area (Å²) < 4.78 is 5.75. The van der Waals surface area contributed by atoms with Crippen molar-refractivity contribution in [2.75, 3.05) is 6.54 Å². The van der Waals surface area contributed by atoms with Crippen molar-refractivity contribution in [1.82, 2.24) is 4.98 Å². The molecule has 0 saturated carbocycles. The van der Waals surface area contributed by atoms with Gasteiger partial charge in [0, 0.05) is 11.3 Å². The van der Waals surface area contributed by atoms with Crippen molar-refractivity contribution in [2.45, 2.75) is 20.5 Å². The van der Waals surface area contributed by atoms with Crippen LogP contribution >= 0.6 is 0 Å². The molecule has 0 atom stereocenters. The molecule has 2 N–H and O–H groups in total. The maximum atomic E-state index is 5.75. The number of aryl methyl sites for hydroxylation is 2. The van der Waals surface area contributed by atoms with Gasteiger partial charge in [-0.2, -0.15) is 0 Å². The van der Waals surface area contributed by atoms with Gasteiger partial charge in [-0.3, -0.25) is 4.98 Å². The first kappa shape index (κ1) is 14.1. The van der Waals surface area contributed by atoms with Gasteiger partial charge in [0.05, 0.1) is 12.2 Å². The molecule has 0 radical (unpaired) electrons. The zero-order chi connectivity index (χ0) is 14.4. The molecule has 1 aromatic carbocycles. The molecular formula is C17H18N2O. The summed E-state index contributed by atoms with van der Waals surface area (Å²) >= 11 is 0. The number of nitrogens with zero attached hydrogens (tertiary/aromatic N) is 1. The number of pyridine rings is 1. The molecule has 2 rings (SSSR count). The lowest BCUT2D eigenvalue weighted by Crippen LogP contribution is -1.99. The summed E-state index contributed by atoms with van der Waals surface area (Å²) in [4.78, 5) is 4.41. The van der Waals surface area contributed by atoms with E-state index in [0.29, 0.717) is 13.2 Å². The fraction of sp³-hybridized carbons (Fsp3) is 0.235. The van der Waals surface area contributed by atoms with E-state index < -0.39 is 0 Å². The fourth-order valence-electron chi connectivity index (χ4n) is 1.85.